The van der Waals surface area contributed by atoms with Gasteiger partial charge in [-0.05, 0) is 36.6 Å². The zero-order valence-corrected chi connectivity index (χ0v) is 15.5. The number of anilines is 2. The van der Waals surface area contributed by atoms with Crippen LogP contribution in [-0.4, -0.2) is 13.0 Å². The van der Waals surface area contributed by atoms with Crippen LogP contribution in [0.5, 0.6) is 5.75 Å². The molecule has 0 aliphatic rings. The summed E-state index contributed by atoms with van der Waals surface area (Å²) in [6.07, 6.45) is 1.77. The summed E-state index contributed by atoms with van der Waals surface area (Å²) in [7, 11) is 1.56. The molecule has 0 unspecified atom stereocenters. The maximum absolute atomic E-state index is 12.0. The summed E-state index contributed by atoms with van der Waals surface area (Å²) in [5.74, 6) is 0.543. The molecule has 2 aromatic rings. The second-order valence-electron chi connectivity index (χ2n) is 4.70. The summed E-state index contributed by atoms with van der Waals surface area (Å²) in [6.45, 7) is 0. The number of ether oxygens (including phenoxy) is 1. The van der Waals surface area contributed by atoms with E-state index in [2.05, 4.69) is 5.32 Å². The Balaban J connectivity index is 0.00000264. The first-order chi connectivity index (χ1) is 10.5. The monoisotopic (exact) mass is 394 g/mol. The topological polar surface area (TPSA) is 64.3 Å². The Morgan fingerprint density at radius 2 is 2.09 bits per heavy atom. The number of benzene rings is 1. The molecule has 0 radical (unpaired) electrons. The summed E-state index contributed by atoms with van der Waals surface area (Å²) >= 11 is 13.3. The van der Waals surface area contributed by atoms with Gasteiger partial charge in [0.2, 0.25) is 5.91 Å². The second kappa shape index (κ2) is 9.23. The van der Waals surface area contributed by atoms with Crippen molar-refractivity contribution in [3.8, 4) is 5.75 Å². The van der Waals surface area contributed by atoms with Gasteiger partial charge in [0.05, 0.1) is 27.2 Å². The van der Waals surface area contributed by atoms with Gasteiger partial charge < -0.3 is 15.8 Å². The largest absolute Gasteiger partial charge is 0.497 e. The molecular formula is C15H17Cl3N2O2S. The number of hydrogen-bond donors (Lipinski definition) is 2. The number of carbonyl (C=O) groups excluding carboxylic acids is 1. The van der Waals surface area contributed by atoms with Gasteiger partial charge in [0.25, 0.3) is 0 Å². The Bertz CT molecular complexity index is 677. The van der Waals surface area contributed by atoms with Crippen molar-refractivity contribution in [3.05, 3.63) is 38.5 Å². The number of amides is 1. The minimum Gasteiger partial charge on any atom is -0.497 e. The van der Waals surface area contributed by atoms with Crippen molar-refractivity contribution < 1.29 is 9.53 Å². The lowest BCUT2D eigenvalue weighted by molar-refractivity contribution is -0.116. The van der Waals surface area contributed by atoms with Crippen LogP contribution in [-0.2, 0) is 11.2 Å². The van der Waals surface area contributed by atoms with Gasteiger partial charge in [0.15, 0.2) is 0 Å². The van der Waals surface area contributed by atoms with Gasteiger partial charge >= 0.3 is 0 Å². The third-order valence-corrected chi connectivity index (χ3v) is 4.68. The molecule has 4 nitrogen and oxygen atoms in total. The van der Waals surface area contributed by atoms with Crippen molar-refractivity contribution in [1.82, 2.24) is 0 Å². The number of nitrogens with one attached hydrogen (secondary N) is 1. The Kier molecular flexibility index (Phi) is 7.99. The van der Waals surface area contributed by atoms with Crippen LogP contribution in [0.3, 0.4) is 0 Å². The minimum absolute atomic E-state index is 0. The minimum atomic E-state index is -0.0996. The van der Waals surface area contributed by atoms with E-state index in [0.717, 1.165) is 5.56 Å². The predicted molar refractivity (Wildman–Crippen MR) is 101 cm³/mol. The van der Waals surface area contributed by atoms with Crippen LogP contribution in [0.1, 0.15) is 18.4 Å². The highest BCUT2D eigenvalue weighted by molar-refractivity contribution is 7.20. The Hall–Kier alpha value is -1.14. The zero-order chi connectivity index (χ0) is 16.1. The van der Waals surface area contributed by atoms with Gasteiger partial charge in [-0.1, -0.05) is 23.2 Å². The molecule has 3 N–H and O–H groups in total. The highest BCUT2D eigenvalue weighted by Gasteiger charge is 2.09. The highest BCUT2D eigenvalue weighted by Crippen LogP contribution is 2.32. The van der Waals surface area contributed by atoms with Crippen molar-refractivity contribution in [3.63, 3.8) is 0 Å². The molecule has 0 fully saturated rings. The highest BCUT2D eigenvalue weighted by atomic mass is 35.5. The number of nitrogens with two attached hydrogens (primary N) is 1. The van der Waals surface area contributed by atoms with E-state index in [4.69, 9.17) is 33.7 Å². The molecule has 1 heterocycles. The standard InChI is InChI=1S/C15H16Cl2N2O2S.ClH/c1-21-10-5-6-11(18)12(8-10)19-14(20)4-2-3-9-7-13(16)22-15(9)17;/h5-8H,2-4,18H2,1H3,(H,19,20);1H. The molecular weight excluding hydrogens is 379 g/mol. The van der Waals surface area contributed by atoms with Crippen molar-refractivity contribution in [1.29, 1.82) is 0 Å². The maximum atomic E-state index is 12.0. The number of methoxy groups -OCH3 is 1. The quantitative estimate of drug-likeness (QED) is 0.674. The number of aryl methyl sites for hydroxylation is 1. The van der Waals surface area contributed by atoms with Crippen molar-refractivity contribution >= 4 is 64.2 Å². The van der Waals surface area contributed by atoms with Crippen LogP contribution in [0.4, 0.5) is 11.4 Å². The fraction of sp³-hybridized carbons (Fsp3) is 0.267. The molecule has 2 rings (SSSR count). The van der Waals surface area contributed by atoms with Crippen molar-refractivity contribution in [2.75, 3.05) is 18.2 Å². The number of carbonyl (C=O) groups is 1. The van der Waals surface area contributed by atoms with E-state index in [9.17, 15) is 4.79 Å². The predicted octanol–water partition coefficient (Wildman–Crippen LogP) is 5.03. The van der Waals surface area contributed by atoms with Gasteiger partial charge in [-0.25, -0.2) is 0 Å². The van der Waals surface area contributed by atoms with Crippen LogP contribution in [0.2, 0.25) is 8.67 Å². The summed E-state index contributed by atoms with van der Waals surface area (Å²) in [4.78, 5) is 12.0. The molecule has 0 saturated carbocycles. The number of rotatable bonds is 6. The van der Waals surface area contributed by atoms with Gasteiger partial charge in [0, 0.05) is 12.5 Å². The fourth-order valence-electron chi connectivity index (χ4n) is 1.97. The lowest BCUT2D eigenvalue weighted by Gasteiger charge is -2.10. The van der Waals surface area contributed by atoms with E-state index in [1.807, 2.05) is 6.07 Å². The Morgan fingerprint density at radius 1 is 1.35 bits per heavy atom. The summed E-state index contributed by atoms with van der Waals surface area (Å²) in [5, 5.41) is 2.79. The van der Waals surface area contributed by atoms with Crippen LogP contribution < -0.4 is 15.8 Å². The number of thiophene rings is 1. The molecule has 0 bridgehead atoms. The normalized spacial score (nSPS) is 10.0. The molecule has 23 heavy (non-hydrogen) atoms. The molecule has 126 valence electrons. The van der Waals surface area contributed by atoms with E-state index in [1.54, 1.807) is 25.3 Å². The van der Waals surface area contributed by atoms with Crippen molar-refractivity contribution in [2.24, 2.45) is 0 Å². The van der Waals surface area contributed by atoms with E-state index < -0.39 is 0 Å². The molecule has 1 aromatic carbocycles. The summed E-state index contributed by atoms with van der Waals surface area (Å²) in [5.41, 5.74) is 7.87. The maximum Gasteiger partial charge on any atom is 0.224 e. The fourth-order valence-corrected chi connectivity index (χ4v) is 3.51. The average molecular weight is 396 g/mol. The van der Waals surface area contributed by atoms with Crippen LogP contribution in [0, 0.1) is 0 Å². The first-order valence-electron chi connectivity index (χ1n) is 6.66. The molecule has 0 aliphatic carbocycles. The second-order valence-corrected chi connectivity index (χ2v) is 6.99. The molecule has 1 amide bonds. The zero-order valence-electron chi connectivity index (χ0n) is 12.4. The van der Waals surface area contributed by atoms with Gasteiger partial charge in [0.1, 0.15) is 5.75 Å². The molecule has 0 aliphatic heterocycles. The Morgan fingerprint density at radius 3 is 2.70 bits per heavy atom. The lowest BCUT2D eigenvalue weighted by Crippen LogP contribution is -2.13. The number of nitrogen functional groups attached to an aromatic ring is 1. The molecule has 0 spiro atoms. The summed E-state index contributed by atoms with van der Waals surface area (Å²) in [6, 6.07) is 6.98. The van der Waals surface area contributed by atoms with Gasteiger partial charge in [-0.2, -0.15) is 0 Å². The first-order valence-corrected chi connectivity index (χ1v) is 8.24. The lowest BCUT2D eigenvalue weighted by atomic mass is 10.1. The SMILES string of the molecule is COc1ccc(N)c(NC(=O)CCCc2cc(Cl)sc2Cl)c1.Cl. The van der Waals surface area contributed by atoms with Crippen molar-refractivity contribution in [2.45, 2.75) is 19.3 Å². The molecule has 0 saturated heterocycles. The third-order valence-electron chi connectivity index (χ3n) is 3.11. The molecule has 8 heteroatoms. The Labute approximate surface area is 155 Å². The van der Waals surface area contributed by atoms with Crippen LogP contribution in [0.25, 0.3) is 0 Å². The van der Waals surface area contributed by atoms with E-state index >= 15 is 0 Å². The smallest absolute Gasteiger partial charge is 0.224 e. The molecule has 0 atom stereocenters. The third kappa shape index (κ3) is 5.77. The van der Waals surface area contributed by atoms with Crippen LogP contribution in [0.15, 0.2) is 24.3 Å². The molecule has 1 aromatic heterocycles. The number of halogens is 3. The number of hydrogen-bond acceptors (Lipinski definition) is 4. The van der Waals surface area contributed by atoms with Crippen LogP contribution >= 0.6 is 46.9 Å². The van der Waals surface area contributed by atoms with Gasteiger partial charge in [-0.3, -0.25) is 4.79 Å². The van der Waals surface area contributed by atoms with E-state index in [1.165, 1.54) is 11.3 Å². The first kappa shape index (κ1) is 19.9. The van der Waals surface area contributed by atoms with E-state index in [0.29, 0.717) is 45.1 Å². The van der Waals surface area contributed by atoms with E-state index in [-0.39, 0.29) is 18.3 Å². The average Bonchev–Trinajstić information content (AvgIpc) is 2.79. The van der Waals surface area contributed by atoms with Gasteiger partial charge in [-0.15, -0.1) is 23.7 Å². The summed E-state index contributed by atoms with van der Waals surface area (Å²) < 4.78 is 6.46.